The fraction of sp³-hybridized carbons (Fsp3) is 0.250. The van der Waals surface area contributed by atoms with Gasteiger partial charge in [0, 0.05) is 37.3 Å². The van der Waals surface area contributed by atoms with Gasteiger partial charge in [-0.3, -0.25) is 19.3 Å². The van der Waals surface area contributed by atoms with Crippen molar-refractivity contribution in [3.8, 4) is 5.75 Å². The zero-order valence-corrected chi connectivity index (χ0v) is 20.5. The number of carbonyl (C=O) groups excluding carboxylic acids is 3. The van der Waals surface area contributed by atoms with Gasteiger partial charge in [0.15, 0.2) is 0 Å². The third-order valence-corrected chi connectivity index (χ3v) is 5.55. The lowest BCUT2D eigenvalue weighted by molar-refractivity contribution is -0.141. The number of methoxy groups -OCH3 is 2. The van der Waals surface area contributed by atoms with E-state index in [1.54, 1.807) is 43.5 Å². The minimum atomic E-state index is -0.285. The number of hydrogen-bond acceptors (Lipinski definition) is 6. The fourth-order valence-corrected chi connectivity index (χ4v) is 3.59. The van der Waals surface area contributed by atoms with Crippen LogP contribution in [-0.4, -0.2) is 50.0 Å². The molecule has 188 valence electrons. The van der Waals surface area contributed by atoms with E-state index >= 15 is 0 Å². The third-order valence-electron chi connectivity index (χ3n) is 5.55. The number of carbonyl (C=O) groups is 3. The minimum Gasteiger partial charge on any atom is -0.495 e. The zero-order chi connectivity index (χ0) is 25.8. The van der Waals surface area contributed by atoms with Gasteiger partial charge in [-0.1, -0.05) is 42.5 Å². The summed E-state index contributed by atoms with van der Waals surface area (Å²) < 4.78 is 10.0. The maximum Gasteiger partial charge on any atom is 0.306 e. The highest BCUT2D eigenvalue weighted by atomic mass is 16.5. The van der Waals surface area contributed by atoms with Crippen molar-refractivity contribution in [1.82, 2.24) is 4.90 Å². The molecule has 0 aliphatic rings. The third kappa shape index (κ3) is 8.25. The molecule has 0 spiro atoms. The summed E-state index contributed by atoms with van der Waals surface area (Å²) in [7, 11) is 2.91. The van der Waals surface area contributed by atoms with E-state index in [1.165, 1.54) is 7.11 Å². The average Bonchev–Trinajstić information content (AvgIpc) is 2.91. The van der Waals surface area contributed by atoms with Gasteiger partial charge < -0.3 is 20.1 Å². The summed E-state index contributed by atoms with van der Waals surface area (Å²) in [6, 6.07) is 23.7. The van der Waals surface area contributed by atoms with E-state index in [0.29, 0.717) is 42.3 Å². The molecule has 0 aliphatic heterocycles. The Kier molecular flexibility index (Phi) is 10.0. The Morgan fingerprint density at radius 3 is 2.14 bits per heavy atom. The van der Waals surface area contributed by atoms with Crippen LogP contribution in [0.15, 0.2) is 78.9 Å². The summed E-state index contributed by atoms with van der Waals surface area (Å²) in [6.45, 7) is 1.60. The second kappa shape index (κ2) is 13.7. The summed E-state index contributed by atoms with van der Waals surface area (Å²) in [5, 5.41) is 5.69. The predicted molar refractivity (Wildman–Crippen MR) is 139 cm³/mol. The summed E-state index contributed by atoms with van der Waals surface area (Å²) in [5.74, 6) is -0.146. The quantitative estimate of drug-likeness (QED) is 0.368. The molecule has 0 aromatic heterocycles. The molecule has 2 amide bonds. The molecule has 3 rings (SSSR count). The van der Waals surface area contributed by atoms with Crippen molar-refractivity contribution in [2.24, 2.45) is 0 Å². The number of nitrogens with one attached hydrogen (secondary N) is 2. The number of anilines is 2. The first-order valence-corrected chi connectivity index (χ1v) is 11.7. The van der Waals surface area contributed by atoms with Crippen LogP contribution < -0.4 is 15.4 Å². The Hall–Kier alpha value is -4.17. The van der Waals surface area contributed by atoms with Crippen molar-refractivity contribution in [1.29, 1.82) is 0 Å². The smallest absolute Gasteiger partial charge is 0.306 e. The molecular formula is C28H31N3O5. The molecule has 2 N–H and O–H groups in total. The largest absolute Gasteiger partial charge is 0.495 e. The van der Waals surface area contributed by atoms with Crippen molar-refractivity contribution in [2.45, 2.75) is 19.4 Å². The number of benzene rings is 3. The molecule has 8 nitrogen and oxygen atoms in total. The molecule has 0 saturated heterocycles. The summed E-state index contributed by atoms with van der Waals surface area (Å²) >= 11 is 0. The number of amides is 2. The first-order valence-electron chi connectivity index (χ1n) is 11.7. The number of esters is 1. The van der Waals surface area contributed by atoms with Crippen molar-refractivity contribution in [2.75, 3.05) is 37.9 Å². The maximum atomic E-state index is 12.6. The van der Waals surface area contributed by atoms with Gasteiger partial charge in [-0.2, -0.15) is 0 Å². The first kappa shape index (κ1) is 26.4. The molecule has 0 unspecified atom stereocenters. The van der Waals surface area contributed by atoms with Crippen LogP contribution in [0.1, 0.15) is 28.8 Å². The van der Waals surface area contributed by atoms with Crippen molar-refractivity contribution < 1.29 is 23.9 Å². The maximum absolute atomic E-state index is 12.6. The van der Waals surface area contributed by atoms with Gasteiger partial charge in [-0.05, 0) is 42.0 Å². The van der Waals surface area contributed by atoms with Crippen LogP contribution in [-0.2, 0) is 20.9 Å². The second-order valence-electron chi connectivity index (χ2n) is 8.12. The average molecular weight is 490 g/mol. The Morgan fingerprint density at radius 1 is 0.778 bits per heavy atom. The van der Waals surface area contributed by atoms with Gasteiger partial charge in [-0.25, -0.2) is 0 Å². The van der Waals surface area contributed by atoms with Crippen LogP contribution >= 0.6 is 0 Å². The first-order chi connectivity index (χ1) is 17.5. The molecule has 0 saturated carbocycles. The lowest BCUT2D eigenvalue weighted by atomic mass is 10.1. The molecular weight excluding hydrogens is 458 g/mol. The molecule has 0 atom stereocenters. The standard InChI is InChI=1S/C28H31N3O5/c1-35-25-11-7-6-10-24(25)30-28(34)22-12-14-23(15-13-22)29-26(32)16-18-31(19-17-27(33)36-2)20-21-8-4-3-5-9-21/h3-15H,16-20H2,1-2H3,(H,29,32)(H,30,34). The van der Waals surface area contributed by atoms with Crippen molar-refractivity contribution >= 4 is 29.2 Å². The van der Waals surface area contributed by atoms with Crippen LogP contribution in [0.3, 0.4) is 0 Å². The molecule has 0 aliphatic carbocycles. The molecule has 0 fully saturated rings. The zero-order valence-electron chi connectivity index (χ0n) is 20.5. The van der Waals surface area contributed by atoms with E-state index in [0.717, 1.165) is 5.56 Å². The molecule has 36 heavy (non-hydrogen) atoms. The molecule has 0 bridgehead atoms. The van der Waals surface area contributed by atoms with Gasteiger partial charge in [0.05, 0.1) is 26.3 Å². The predicted octanol–water partition coefficient (Wildman–Crippen LogP) is 4.34. The van der Waals surface area contributed by atoms with Crippen molar-refractivity contribution in [3.63, 3.8) is 0 Å². The van der Waals surface area contributed by atoms with E-state index in [9.17, 15) is 14.4 Å². The highest BCUT2D eigenvalue weighted by Crippen LogP contribution is 2.24. The van der Waals surface area contributed by atoms with Crippen LogP contribution in [0.2, 0.25) is 0 Å². The number of hydrogen-bond donors (Lipinski definition) is 2. The van der Waals surface area contributed by atoms with Crippen LogP contribution in [0.25, 0.3) is 0 Å². The van der Waals surface area contributed by atoms with E-state index in [1.807, 2.05) is 42.5 Å². The van der Waals surface area contributed by atoms with E-state index < -0.39 is 0 Å². The molecule has 3 aromatic rings. The van der Waals surface area contributed by atoms with Gasteiger partial charge in [0.25, 0.3) is 5.91 Å². The SMILES string of the molecule is COC(=O)CCN(CCC(=O)Nc1ccc(C(=O)Nc2ccccc2OC)cc1)Cc1ccccc1. The minimum absolute atomic E-state index is 0.155. The molecule has 0 radical (unpaired) electrons. The Morgan fingerprint density at radius 2 is 1.44 bits per heavy atom. The summed E-state index contributed by atoms with van der Waals surface area (Å²) in [6.07, 6.45) is 0.507. The fourth-order valence-electron chi connectivity index (χ4n) is 3.59. The van der Waals surface area contributed by atoms with Crippen LogP contribution in [0, 0.1) is 0 Å². The van der Waals surface area contributed by atoms with Gasteiger partial charge in [0.1, 0.15) is 5.75 Å². The number of rotatable bonds is 12. The highest BCUT2D eigenvalue weighted by molar-refractivity contribution is 6.05. The van der Waals surface area contributed by atoms with Gasteiger partial charge in [0.2, 0.25) is 5.91 Å². The van der Waals surface area contributed by atoms with E-state index in [4.69, 9.17) is 9.47 Å². The van der Waals surface area contributed by atoms with Crippen LogP contribution in [0.5, 0.6) is 5.75 Å². The van der Waals surface area contributed by atoms with Crippen LogP contribution in [0.4, 0.5) is 11.4 Å². The normalized spacial score (nSPS) is 10.5. The number of nitrogens with zero attached hydrogens (tertiary/aromatic N) is 1. The monoisotopic (exact) mass is 489 g/mol. The lowest BCUT2D eigenvalue weighted by Crippen LogP contribution is -2.30. The number of para-hydroxylation sites is 2. The topological polar surface area (TPSA) is 97.0 Å². The molecule has 0 heterocycles. The second-order valence-corrected chi connectivity index (χ2v) is 8.12. The van der Waals surface area contributed by atoms with Gasteiger partial charge >= 0.3 is 5.97 Å². The Labute approximate surface area is 211 Å². The summed E-state index contributed by atoms with van der Waals surface area (Å²) in [4.78, 5) is 38.8. The lowest BCUT2D eigenvalue weighted by Gasteiger charge is -2.21. The molecule has 8 heteroatoms. The number of ether oxygens (including phenoxy) is 2. The summed E-state index contributed by atoms with van der Waals surface area (Å²) in [5.41, 5.74) is 2.73. The Balaban J connectivity index is 1.53. The van der Waals surface area contributed by atoms with E-state index in [2.05, 4.69) is 15.5 Å². The molecule has 3 aromatic carbocycles. The van der Waals surface area contributed by atoms with Gasteiger partial charge in [-0.15, -0.1) is 0 Å². The van der Waals surface area contributed by atoms with Crippen molar-refractivity contribution in [3.05, 3.63) is 90.0 Å². The van der Waals surface area contributed by atoms with E-state index in [-0.39, 0.29) is 30.6 Å². The Bertz CT molecular complexity index is 1150. The highest BCUT2D eigenvalue weighted by Gasteiger charge is 2.13.